The van der Waals surface area contributed by atoms with Crippen molar-refractivity contribution in [1.82, 2.24) is 5.32 Å². The fraction of sp³-hybridized carbons (Fsp3) is 0.300. The lowest BCUT2D eigenvalue weighted by Crippen LogP contribution is -2.30. The number of fused-ring (bicyclic) bond motifs is 1. The van der Waals surface area contributed by atoms with Gasteiger partial charge in [-0.3, -0.25) is 4.79 Å². The van der Waals surface area contributed by atoms with Gasteiger partial charge in [-0.25, -0.2) is 0 Å². The SMILES string of the molecule is CCOc1cc(C#N)ccc1OCC(=O)NCCc1ccc2c(c1)OCO2. The number of rotatable bonds is 8. The zero-order valence-corrected chi connectivity index (χ0v) is 15.0. The highest BCUT2D eigenvalue weighted by atomic mass is 16.7. The molecule has 0 radical (unpaired) electrons. The smallest absolute Gasteiger partial charge is 0.257 e. The average Bonchev–Trinajstić information content (AvgIpc) is 3.15. The van der Waals surface area contributed by atoms with Gasteiger partial charge in [-0.1, -0.05) is 6.07 Å². The predicted molar refractivity (Wildman–Crippen MR) is 97.1 cm³/mol. The largest absolute Gasteiger partial charge is 0.490 e. The van der Waals surface area contributed by atoms with Crippen LogP contribution < -0.4 is 24.3 Å². The molecule has 1 amide bonds. The van der Waals surface area contributed by atoms with Gasteiger partial charge in [0.2, 0.25) is 6.79 Å². The van der Waals surface area contributed by atoms with E-state index in [1.54, 1.807) is 18.2 Å². The molecule has 1 N–H and O–H groups in total. The second-order valence-electron chi connectivity index (χ2n) is 5.78. The topological polar surface area (TPSA) is 89.8 Å². The molecule has 140 valence electrons. The lowest BCUT2D eigenvalue weighted by atomic mass is 10.1. The highest BCUT2D eigenvalue weighted by Crippen LogP contribution is 2.32. The molecule has 2 aromatic carbocycles. The standard InChI is InChI=1S/C20H20N2O5/c1-2-24-18-10-15(11-21)4-6-16(18)25-12-20(23)22-8-7-14-3-5-17-19(9-14)27-13-26-17/h3-6,9-10H,2,7-8,12-13H2,1H3,(H,22,23). The molecular formula is C20H20N2O5. The van der Waals surface area contributed by atoms with Gasteiger partial charge in [0.1, 0.15) is 0 Å². The van der Waals surface area contributed by atoms with Crippen molar-refractivity contribution in [3.63, 3.8) is 0 Å². The van der Waals surface area contributed by atoms with Crippen molar-refractivity contribution in [1.29, 1.82) is 5.26 Å². The van der Waals surface area contributed by atoms with E-state index < -0.39 is 0 Å². The second-order valence-corrected chi connectivity index (χ2v) is 5.78. The fourth-order valence-electron chi connectivity index (χ4n) is 2.60. The molecule has 0 unspecified atom stereocenters. The van der Waals surface area contributed by atoms with E-state index in [4.69, 9.17) is 24.2 Å². The first-order chi connectivity index (χ1) is 13.2. The van der Waals surface area contributed by atoms with Crippen LogP contribution in [0.1, 0.15) is 18.1 Å². The maximum atomic E-state index is 12.0. The molecule has 2 aromatic rings. The Morgan fingerprint density at radius 3 is 2.81 bits per heavy atom. The highest BCUT2D eigenvalue weighted by molar-refractivity contribution is 5.77. The monoisotopic (exact) mass is 368 g/mol. The fourth-order valence-corrected chi connectivity index (χ4v) is 2.60. The summed E-state index contributed by atoms with van der Waals surface area (Å²) in [5.41, 5.74) is 1.52. The van der Waals surface area contributed by atoms with E-state index in [0.29, 0.717) is 36.6 Å². The molecule has 1 aliphatic heterocycles. The Kier molecular flexibility index (Phi) is 6.00. The molecule has 0 saturated heterocycles. The third kappa shape index (κ3) is 4.82. The van der Waals surface area contributed by atoms with E-state index in [2.05, 4.69) is 5.32 Å². The quantitative estimate of drug-likeness (QED) is 0.770. The number of nitriles is 1. The summed E-state index contributed by atoms with van der Waals surface area (Å²) in [5, 5.41) is 11.8. The summed E-state index contributed by atoms with van der Waals surface area (Å²) in [6, 6.07) is 12.6. The van der Waals surface area contributed by atoms with Gasteiger partial charge < -0.3 is 24.3 Å². The van der Waals surface area contributed by atoms with Crippen LogP contribution in [0, 0.1) is 11.3 Å². The predicted octanol–water partition coefficient (Wildman–Crippen LogP) is 2.42. The maximum Gasteiger partial charge on any atom is 0.257 e. The molecule has 0 aliphatic carbocycles. The number of carbonyl (C=O) groups is 1. The third-order valence-electron chi connectivity index (χ3n) is 3.90. The summed E-state index contributed by atoms with van der Waals surface area (Å²) in [4.78, 5) is 12.0. The van der Waals surface area contributed by atoms with Crippen molar-refractivity contribution in [2.45, 2.75) is 13.3 Å². The number of hydrogen-bond donors (Lipinski definition) is 1. The van der Waals surface area contributed by atoms with E-state index in [1.165, 1.54) is 0 Å². The molecule has 0 aromatic heterocycles. The summed E-state index contributed by atoms with van der Waals surface area (Å²) >= 11 is 0. The lowest BCUT2D eigenvalue weighted by molar-refractivity contribution is -0.123. The van der Waals surface area contributed by atoms with Crippen molar-refractivity contribution in [2.24, 2.45) is 0 Å². The number of nitrogens with one attached hydrogen (secondary N) is 1. The summed E-state index contributed by atoms with van der Waals surface area (Å²) in [5.74, 6) is 2.11. The number of ether oxygens (including phenoxy) is 4. The maximum absolute atomic E-state index is 12.0. The Hall–Kier alpha value is -3.40. The number of amides is 1. The Labute approximate surface area is 157 Å². The third-order valence-corrected chi connectivity index (χ3v) is 3.90. The summed E-state index contributed by atoms with van der Waals surface area (Å²) < 4.78 is 21.6. The molecule has 0 fully saturated rings. The highest BCUT2D eigenvalue weighted by Gasteiger charge is 2.13. The Morgan fingerprint density at radius 2 is 2.00 bits per heavy atom. The van der Waals surface area contributed by atoms with Crippen LogP contribution in [0.4, 0.5) is 0 Å². The van der Waals surface area contributed by atoms with Crippen molar-refractivity contribution in [2.75, 3.05) is 26.6 Å². The molecule has 0 bridgehead atoms. The number of hydrogen-bond acceptors (Lipinski definition) is 6. The van der Waals surface area contributed by atoms with Crippen molar-refractivity contribution in [3.8, 4) is 29.1 Å². The summed E-state index contributed by atoms with van der Waals surface area (Å²) in [6.07, 6.45) is 0.670. The number of benzene rings is 2. The molecule has 0 spiro atoms. The van der Waals surface area contributed by atoms with Crippen LogP contribution in [0.2, 0.25) is 0 Å². The first-order valence-electron chi connectivity index (χ1n) is 8.64. The van der Waals surface area contributed by atoms with Gasteiger partial charge in [0.15, 0.2) is 29.6 Å². The zero-order valence-electron chi connectivity index (χ0n) is 15.0. The molecule has 7 heteroatoms. The summed E-state index contributed by atoms with van der Waals surface area (Å²) in [6.45, 7) is 2.87. The van der Waals surface area contributed by atoms with Gasteiger partial charge in [-0.05, 0) is 43.2 Å². The van der Waals surface area contributed by atoms with Crippen molar-refractivity contribution >= 4 is 5.91 Å². The Bertz CT molecular complexity index is 860. The Morgan fingerprint density at radius 1 is 1.15 bits per heavy atom. The van der Waals surface area contributed by atoms with E-state index >= 15 is 0 Å². The van der Waals surface area contributed by atoms with Crippen molar-refractivity contribution < 1.29 is 23.7 Å². The van der Waals surface area contributed by atoms with Gasteiger partial charge in [0.05, 0.1) is 18.2 Å². The van der Waals surface area contributed by atoms with Gasteiger partial charge in [0.25, 0.3) is 5.91 Å². The van der Waals surface area contributed by atoms with Crippen LogP contribution >= 0.6 is 0 Å². The zero-order chi connectivity index (χ0) is 19.1. The van der Waals surface area contributed by atoms with Gasteiger partial charge >= 0.3 is 0 Å². The van der Waals surface area contributed by atoms with Crippen LogP contribution in [0.25, 0.3) is 0 Å². The van der Waals surface area contributed by atoms with Crippen LogP contribution in [0.5, 0.6) is 23.0 Å². The minimum atomic E-state index is -0.234. The van der Waals surface area contributed by atoms with Crippen LogP contribution in [0.15, 0.2) is 36.4 Å². The molecule has 1 heterocycles. The summed E-state index contributed by atoms with van der Waals surface area (Å²) in [7, 11) is 0. The number of carbonyl (C=O) groups excluding carboxylic acids is 1. The van der Waals surface area contributed by atoms with Crippen LogP contribution in [0.3, 0.4) is 0 Å². The molecular weight excluding hydrogens is 348 g/mol. The van der Waals surface area contributed by atoms with Crippen LogP contribution in [-0.2, 0) is 11.2 Å². The Balaban J connectivity index is 1.46. The minimum absolute atomic E-state index is 0.132. The average molecular weight is 368 g/mol. The molecule has 0 atom stereocenters. The van der Waals surface area contributed by atoms with E-state index in [0.717, 1.165) is 17.1 Å². The molecule has 27 heavy (non-hydrogen) atoms. The normalized spacial score (nSPS) is 11.6. The van der Waals surface area contributed by atoms with Crippen molar-refractivity contribution in [3.05, 3.63) is 47.5 Å². The first-order valence-corrected chi connectivity index (χ1v) is 8.64. The van der Waals surface area contributed by atoms with E-state index in [1.807, 2.05) is 31.2 Å². The lowest BCUT2D eigenvalue weighted by Gasteiger charge is -2.12. The molecule has 0 saturated carbocycles. The molecule has 1 aliphatic rings. The second kappa shape index (κ2) is 8.81. The van der Waals surface area contributed by atoms with Gasteiger partial charge in [-0.2, -0.15) is 5.26 Å². The van der Waals surface area contributed by atoms with E-state index in [9.17, 15) is 4.79 Å². The molecule has 7 nitrogen and oxygen atoms in total. The van der Waals surface area contributed by atoms with E-state index in [-0.39, 0.29) is 19.3 Å². The van der Waals surface area contributed by atoms with Gasteiger partial charge in [0, 0.05) is 12.6 Å². The first kappa shape index (κ1) is 18.4. The van der Waals surface area contributed by atoms with Crippen LogP contribution in [-0.4, -0.2) is 32.5 Å². The number of nitrogens with zero attached hydrogens (tertiary/aromatic N) is 1. The minimum Gasteiger partial charge on any atom is -0.490 e. The van der Waals surface area contributed by atoms with Gasteiger partial charge in [-0.15, -0.1) is 0 Å². The molecule has 3 rings (SSSR count).